The molecule has 182 valence electrons. The number of morpholine rings is 1. The van der Waals surface area contributed by atoms with Crippen molar-refractivity contribution in [1.82, 2.24) is 5.32 Å². The van der Waals surface area contributed by atoms with Gasteiger partial charge in [0.2, 0.25) is 5.72 Å². The van der Waals surface area contributed by atoms with E-state index >= 15 is 4.39 Å². The molecule has 0 aromatic heterocycles. The van der Waals surface area contributed by atoms with E-state index in [9.17, 15) is 0 Å². The fraction of sp³-hybridized carbons (Fsp3) is 0.640. The van der Waals surface area contributed by atoms with E-state index in [2.05, 4.69) is 29.1 Å². The summed E-state index contributed by atoms with van der Waals surface area (Å²) in [5.41, 5.74) is 6.13. The van der Waals surface area contributed by atoms with Gasteiger partial charge in [-0.1, -0.05) is 18.2 Å². The van der Waals surface area contributed by atoms with Gasteiger partial charge in [0.25, 0.3) is 0 Å². The van der Waals surface area contributed by atoms with Crippen molar-refractivity contribution in [1.29, 1.82) is 0 Å². The predicted molar refractivity (Wildman–Crippen MR) is 128 cm³/mol. The quantitative estimate of drug-likeness (QED) is 0.644. The average molecular weight is 461 g/mol. The third-order valence-electron chi connectivity index (χ3n) is 6.73. The highest BCUT2D eigenvalue weighted by Crippen LogP contribution is 2.41. The lowest BCUT2D eigenvalue weighted by molar-refractivity contribution is -0.0767. The van der Waals surface area contributed by atoms with E-state index < -0.39 is 11.6 Å². The third-order valence-corrected chi connectivity index (χ3v) is 6.73. The predicted octanol–water partition coefficient (Wildman–Crippen LogP) is 3.79. The fourth-order valence-corrected chi connectivity index (χ4v) is 5.23. The van der Waals surface area contributed by atoms with Gasteiger partial charge >= 0.3 is 0 Å². The van der Waals surface area contributed by atoms with Gasteiger partial charge in [0.15, 0.2) is 11.8 Å². The standard InChI is InChI=1S/C25H37FN4O3/c1-4-31-20-11-9-19(10-12-20)16-32-25(23(26)13-28-24(27)29-25)21-7-5-6-8-22(21)30-14-17(2)33-18(3)15-30/h5-8,13,17-20H,4,9-12,14-16H2,1-3H3,(H3,27,28,29)/t17-,18+,19?,20?,25?. The molecule has 1 aliphatic carbocycles. The lowest BCUT2D eigenvalue weighted by atomic mass is 9.87. The number of anilines is 1. The summed E-state index contributed by atoms with van der Waals surface area (Å²) in [6, 6.07) is 7.79. The van der Waals surface area contributed by atoms with Crippen molar-refractivity contribution in [3.63, 3.8) is 0 Å². The molecule has 33 heavy (non-hydrogen) atoms. The van der Waals surface area contributed by atoms with Crippen LogP contribution >= 0.6 is 0 Å². The van der Waals surface area contributed by atoms with Crippen LogP contribution in [0.3, 0.4) is 0 Å². The zero-order chi connectivity index (χ0) is 23.4. The molecule has 2 fully saturated rings. The highest BCUT2D eigenvalue weighted by atomic mass is 19.1. The lowest BCUT2D eigenvalue weighted by Gasteiger charge is -2.42. The zero-order valence-corrected chi connectivity index (χ0v) is 19.9. The number of halogens is 1. The molecule has 1 saturated heterocycles. The molecule has 1 aromatic rings. The minimum atomic E-state index is -1.51. The number of nitrogens with two attached hydrogens (primary N) is 1. The summed E-state index contributed by atoms with van der Waals surface area (Å²) in [4.78, 5) is 6.18. The van der Waals surface area contributed by atoms with E-state index in [-0.39, 0.29) is 18.2 Å². The Kier molecular flexibility index (Phi) is 7.56. The van der Waals surface area contributed by atoms with Crippen molar-refractivity contribution in [2.75, 3.05) is 31.2 Å². The Morgan fingerprint density at radius 1 is 1.18 bits per heavy atom. The van der Waals surface area contributed by atoms with E-state index in [4.69, 9.17) is 19.9 Å². The van der Waals surface area contributed by atoms with Gasteiger partial charge in [-0.15, -0.1) is 0 Å². The van der Waals surface area contributed by atoms with Crippen LogP contribution in [-0.2, 0) is 19.9 Å². The van der Waals surface area contributed by atoms with Gasteiger partial charge in [-0.25, -0.2) is 9.38 Å². The van der Waals surface area contributed by atoms with Gasteiger partial charge < -0.3 is 30.2 Å². The molecule has 3 N–H and O–H groups in total. The molecule has 1 aromatic carbocycles. The van der Waals surface area contributed by atoms with E-state index in [0.717, 1.165) is 38.0 Å². The van der Waals surface area contributed by atoms with Gasteiger partial charge in [0, 0.05) is 30.9 Å². The second-order valence-corrected chi connectivity index (χ2v) is 9.39. The fourth-order valence-electron chi connectivity index (χ4n) is 5.23. The van der Waals surface area contributed by atoms with E-state index in [1.807, 2.05) is 31.2 Å². The first-order valence-corrected chi connectivity index (χ1v) is 12.1. The number of hydrogen-bond donors (Lipinski definition) is 2. The Hall–Kier alpha value is -2.16. The molecule has 3 atom stereocenters. The first-order valence-electron chi connectivity index (χ1n) is 12.1. The second kappa shape index (κ2) is 10.4. The summed E-state index contributed by atoms with van der Waals surface area (Å²) in [7, 11) is 0. The van der Waals surface area contributed by atoms with Gasteiger partial charge in [-0.05, 0) is 58.4 Å². The van der Waals surface area contributed by atoms with Crippen molar-refractivity contribution in [2.45, 2.75) is 70.5 Å². The van der Waals surface area contributed by atoms with Gasteiger partial charge in [0.05, 0.1) is 31.1 Å². The maximum atomic E-state index is 15.6. The number of benzene rings is 1. The molecule has 0 spiro atoms. The van der Waals surface area contributed by atoms with Gasteiger partial charge in [-0.3, -0.25) is 0 Å². The van der Waals surface area contributed by atoms with Crippen LogP contribution < -0.4 is 16.0 Å². The number of guanidine groups is 1. The van der Waals surface area contributed by atoms with Crippen LogP contribution in [-0.4, -0.2) is 50.6 Å². The first-order chi connectivity index (χ1) is 15.9. The Morgan fingerprint density at radius 2 is 1.88 bits per heavy atom. The Bertz CT molecular complexity index is 861. The van der Waals surface area contributed by atoms with Crippen LogP contribution in [0.1, 0.15) is 52.0 Å². The molecule has 8 heteroatoms. The summed E-state index contributed by atoms with van der Waals surface area (Å²) < 4.78 is 33.8. The second-order valence-electron chi connectivity index (χ2n) is 9.39. The number of ether oxygens (including phenoxy) is 3. The monoisotopic (exact) mass is 460 g/mol. The van der Waals surface area contributed by atoms with Crippen LogP contribution in [0.5, 0.6) is 0 Å². The maximum Gasteiger partial charge on any atom is 0.224 e. The van der Waals surface area contributed by atoms with Crippen LogP contribution in [0.15, 0.2) is 41.3 Å². The summed E-state index contributed by atoms with van der Waals surface area (Å²) in [5, 5.41) is 3.05. The summed E-state index contributed by atoms with van der Waals surface area (Å²) in [5.74, 6) is -0.0275. The molecular weight excluding hydrogens is 423 g/mol. The molecule has 0 amide bonds. The Balaban J connectivity index is 1.60. The zero-order valence-electron chi connectivity index (χ0n) is 19.9. The Labute approximate surface area is 196 Å². The third kappa shape index (κ3) is 5.34. The maximum absolute atomic E-state index is 15.6. The lowest BCUT2D eigenvalue weighted by Crippen LogP contribution is -2.55. The summed E-state index contributed by atoms with van der Waals surface area (Å²) in [6.45, 7) is 8.73. The summed E-state index contributed by atoms with van der Waals surface area (Å²) >= 11 is 0. The van der Waals surface area contributed by atoms with Gasteiger partial charge in [0.1, 0.15) is 0 Å². The van der Waals surface area contributed by atoms with E-state index in [1.54, 1.807) is 0 Å². The highest BCUT2D eigenvalue weighted by Gasteiger charge is 2.44. The van der Waals surface area contributed by atoms with Crippen LogP contribution in [0.2, 0.25) is 0 Å². The molecule has 0 bridgehead atoms. The number of rotatable bonds is 7. The molecule has 1 saturated carbocycles. The highest BCUT2D eigenvalue weighted by molar-refractivity contribution is 5.81. The van der Waals surface area contributed by atoms with Crippen LogP contribution in [0.4, 0.5) is 10.1 Å². The number of aliphatic imine (C=N–C) groups is 1. The van der Waals surface area contributed by atoms with Crippen molar-refractivity contribution >= 4 is 11.6 Å². The SMILES string of the molecule is CCOC1CCC(COC2(c3ccccc3N3C[C@@H](C)O[C@@H](C)C3)NC(N)=NC=C2F)CC1. The van der Waals surface area contributed by atoms with Crippen molar-refractivity contribution < 1.29 is 18.6 Å². The van der Waals surface area contributed by atoms with Crippen LogP contribution in [0.25, 0.3) is 0 Å². The van der Waals surface area contributed by atoms with Crippen molar-refractivity contribution in [3.05, 3.63) is 41.9 Å². The van der Waals surface area contributed by atoms with E-state index in [1.165, 1.54) is 6.20 Å². The smallest absolute Gasteiger partial charge is 0.224 e. The molecule has 0 radical (unpaired) electrons. The number of para-hydroxylation sites is 1. The molecule has 7 nitrogen and oxygen atoms in total. The summed E-state index contributed by atoms with van der Waals surface area (Å²) in [6.07, 6.45) is 5.63. The minimum absolute atomic E-state index is 0.0746. The Morgan fingerprint density at radius 3 is 2.58 bits per heavy atom. The minimum Gasteiger partial charge on any atom is -0.379 e. The largest absolute Gasteiger partial charge is 0.379 e. The average Bonchev–Trinajstić information content (AvgIpc) is 2.80. The number of nitrogens with one attached hydrogen (secondary N) is 1. The molecule has 4 rings (SSSR count). The molecule has 1 unspecified atom stereocenters. The van der Waals surface area contributed by atoms with Crippen molar-refractivity contribution in [2.24, 2.45) is 16.6 Å². The molecule has 2 heterocycles. The normalized spacial score (nSPS) is 32.7. The molecule has 3 aliphatic rings. The number of hydrogen-bond acceptors (Lipinski definition) is 7. The number of nitrogens with zero attached hydrogens (tertiary/aromatic N) is 2. The van der Waals surface area contributed by atoms with E-state index in [0.29, 0.717) is 37.3 Å². The van der Waals surface area contributed by atoms with Crippen LogP contribution in [0, 0.1) is 5.92 Å². The molecule has 2 aliphatic heterocycles. The molecular formula is C25H37FN4O3. The topological polar surface area (TPSA) is 81.3 Å². The van der Waals surface area contributed by atoms with Crippen molar-refractivity contribution in [3.8, 4) is 0 Å². The van der Waals surface area contributed by atoms with Gasteiger partial charge in [-0.2, -0.15) is 0 Å². The first kappa shape index (κ1) is 24.0.